The summed E-state index contributed by atoms with van der Waals surface area (Å²) >= 11 is 6.17. The van der Waals surface area contributed by atoms with Crippen LogP contribution in [0.3, 0.4) is 0 Å². The van der Waals surface area contributed by atoms with Gasteiger partial charge in [-0.1, -0.05) is 17.7 Å². The quantitative estimate of drug-likeness (QED) is 0.359. The summed E-state index contributed by atoms with van der Waals surface area (Å²) in [6.45, 7) is 0.879. The number of nitrogens with one attached hydrogen (secondary N) is 1. The molecule has 0 aliphatic carbocycles. The van der Waals surface area contributed by atoms with Crippen LogP contribution in [-0.4, -0.2) is 72.6 Å². The molecule has 0 saturated carbocycles. The number of carbonyl (C=O) groups is 1. The van der Waals surface area contributed by atoms with Gasteiger partial charge in [0.2, 0.25) is 15.9 Å². The Balaban J connectivity index is 1.80. The van der Waals surface area contributed by atoms with Crippen molar-refractivity contribution in [2.24, 2.45) is 4.99 Å². The first kappa shape index (κ1) is 28.4. The molecule has 1 atom stereocenters. The lowest BCUT2D eigenvalue weighted by molar-refractivity contribution is -0.115. The van der Waals surface area contributed by atoms with Crippen LogP contribution in [-0.2, 0) is 14.8 Å². The Morgan fingerprint density at radius 1 is 0.974 bits per heavy atom. The first-order valence-electron chi connectivity index (χ1n) is 12.2. The second-order valence-corrected chi connectivity index (χ2v) is 11.7. The van der Waals surface area contributed by atoms with Crippen molar-refractivity contribution in [3.05, 3.63) is 76.8 Å². The van der Waals surface area contributed by atoms with E-state index in [-0.39, 0.29) is 5.91 Å². The molecule has 0 radical (unpaired) electrons. The Morgan fingerprint density at radius 3 is 2.28 bits per heavy atom. The van der Waals surface area contributed by atoms with E-state index in [2.05, 4.69) is 5.32 Å². The summed E-state index contributed by atoms with van der Waals surface area (Å²) in [6.07, 6.45) is 1.19. The first-order chi connectivity index (χ1) is 18.5. The van der Waals surface area contributed by atoms with Crippen molar-refractivity contribution >= 4 is 50.3 Å². The Kier molecular flexibility index (Phi) is 8.48. The van der Waals surface area contributed by atoms with Gasteiger partial charge in [-0.25, -0.2) is 8.42 Å². The smallest absolute Gasteiger partial charge is 0.238 e. The molecule has 1 aliphatic rings. The van der Waals surface area contributed by atoms with Crippen molar-refractivity contribution in [3.8, 4) is 11.5 Å². The Labute approximate surface area is 234 Å². The second-order valence-electron chi connectivity index (χ2n) is 9.38. The van der Waals surface area contributed by atoms with Crippen LogP contribution >= 0.6 is 11.6 Å². The van der Waals surface area contributed by atoms with Crippen LogP contribution in [0.25, 0.3) is 0 Å². The molecular weight excluding hydrogens is 540 g/mol. The SMILES string of the molecule is COc1ccc(C(=Nc2ccc(N(CCN(C)C)S(C)(=O)=O)cc2)C2C(=O)Nc3cc(Cl)ccc32)cc1OC. The normalized spacial score (nSPS) is 15.2. The van der Waals surface area contributed by atoms with E-state index in [4.69, 9.17) is 26.1 Å². The molecule has 3 aromatic carbocycles. The zero-order valence-corrected chi connectivity index (χ0v) is 24.0. The van der Waals surface area contributed by atoms with Gasteiger partial charge in [-0.3, -0.25) is 14.1 Å². The third kappa shape index (κ3) is 6.35. The molecule has 0 spiro atoms. The lowest BCUT2D eigenvalue weighted by Crippen LogP contribution is -2.35. The topological polar surface area (TPSA) is 101 Å². The van der Waals surface area contributed by atoms with E-state index in [9.17, 15) is 13.2 Å². The number of hydrogen-bond acceptors (Lipinski definition) is 7. The zero-order chi connectivity index (χ0) is 28.3. The standard InChI is InChI=1S/C28H31ClN4O5S/c1-32(2)14-15-33(39(5,35)36)21-10-8-20(9-11-21)30-27(18-6-13-24(37-3)25(16-18)38-4)26-22-12-7-19(29)17-23(22)31-28(26)34/h6-13,16-17,26H,14-15H2,1-5H3,(H,31,34). The third-order valence-electron chi connectivity index (χ3n) is 6.34. The van der Waals surface area contributed by atoms with E-state index in [1.165, 1.54) is 10.6 Å². The molecule has 1 amide bonds. The van der Waals surface area contributed by atoms with E-state index in [1.807, 2.05) is 31.1 Å². The highest BCUT2D eigenvalue weighted by Crippen LogP contribution is 2.39. The van der Waals surface area contributed by atoms with Gasteiger partial charge in [0.25, 0.3) is 0 Å². The maximum absolute atomic E-state index is 13.2. The summed E-state index contributed by atoms with van der Waals surface area (Å²) in [4.78, 5) is 20.1. The van der Waals surface area contributed by atoms with Gasteiger partial charge in [0.05, 0.1) is 37.6 Å². The average Bonchev–Trinajstić information content (AvgIpc) is 3.21. The molecule has 1 N–H and O–H groups in total. The van der Waals surface area contributed by atoms with Crippen molar-refractivity contribution in [2.45, 2.75) is 5.92 Å². The highest BCUT2D eigenvalue weighted by atomic mass is 35.5. The molecule has 11 heteroatoms. The summed E-state index contributed by atoms with van der Waals surface area (Å²) in [5.41, 5.74) is 3.63. The molecular formula is C28H31ClN4O5S. The van der Waals surface area contributed by atoms with E-state index in [1.54, 1.807) is 62.8 Å². The number of aliphatic imine (C=N–C) groups is 1. The maximum atomic E-state index is 13.2. The minimum atomic E-state index is -3.48. The first-order valence-corrected chi connectivity index (χ1v) is 14.4. The fourth-order valence-electron chi connectivity index (χ4n) is 4.41. The summed E-state index contributed by atoms with van der Waals surface area (Å²) in [5.74, 6) is 0.107. The van der Waals surface area contributed by atoms with E-state index >= 15 is 0 Å². The van der Waals surface area contributed by atoms with Gasteiger partial charge in [-0.2, -0.15) is 0 Å². The van der Waals surface area contributed by atoms with Crippen molar-refractivity contribution in [1.29, 1.82) is 0 Å². The third-order valence-corrected chi connectivity index (χ3v) is 7.77. The Bertz CT molecular complexity index is 1510. The number of likely N-dealkylation sites (N-methyl/N-ethyl adjacent to an activating group) is 1. The molecule has 0 fully saturated rings. The van der Waals surface area contributed by atoms with Crippen LogP contribution in [0.5, 0.6) is 11.5 Å². The minimum absolute atomic E-state index is 0.232. The van der Waals surface area contributed by atoms with Crippen molar-refractivity contribution in [3.63, 3.8) is 0 Å². The second kappa shape index (κ2) is 11.6. The van der Waals surface area contributed by atoms with Gasteiger partial charge in [-0.15, -0.1) is 0 Å². The summed E-state index contributed by atoms with van der Waals surface area (Å²) in [5, 5.41) is 3.42. The number of fused-ring (bicyclic) bond motifs is 1. The Morgan fingerprint density at radius 2 is 1.67 bits per heavy atom. The van der Waals surface area contributed by atoms with E-state index in [0.717, 1.165) is 5.56 Å². The number of hydrogen-bond donors (Lipinski definition) is 1. The number of carbonyl (C=O) groups excluding carboxylic acids is 1. The number of amides is 1. The van der Waals surface area contributed by atoms with Crippen LogP contribution in [0, 0.1) is 0 Å². The molecule has 1 heterocycles. The highest BCUT2D eigenvalue weighted by molar-refractivity contribution is 7.92. The highest BCUT2D eigenvalue weighted by Gasteiger charge is 2.36. The predicted octanol–water partition coefficient (Wildman–Crippen LogP) is 4.54. The maximum Gasteiger partial charge on any atom is 0.238 e. The number of benzene rings is 3. The molecule has 0 saturated heterocycles. The molecule has 0 aromatic heterocycles. The molecule has 4 rings (SSSR count). The van der Waals surface area contributed by atoms with Crippen LogP contribution < -0.4 is 19.1 Å². The fraction of sp³-hybridized carbons (Fsp3) is 0.286. The van der Waals surface area contributed by atoms with Gasteiger partial charge >= 0.3 is 0 Å². The zero-order valence-electron chi connectivity index (χ0n) is 22.4. The summed E-state index contributed by atoms with van der Waals surface area (Å²) < 4.78 is 37.2. The fourth-order valence-corrected chi connectivity index (χ4v) is 5.50. The molecule has 1 aliphatic heterocycles. The number of sulfonamides is 1. The van der Waals surface area contributed by atoms with Gasteiger partial charge < -0.3 is 19.7 Å². The van der Waals surface area contributed by atoms with Crippen LogP contribution in [0.4, 0.5) is 17.1 Å². The largest absolute Gasteiger partial charge is 0.493 e. The predicted molar refractivity (Wildman–Crippen MR) is 156 cm³/mol. The minimum Gasteiger partial charge on any atom is -0.493 e. The molecule has 39 heavy (non-hydrogen) atoms. The monoisotopic (exact) mass is 570 g/mol. The van der Waals surface area contributed by atoms with Crippen LogP contribution in [0.1, 0.15) is 17.0 Å². The van der Waals surface area contributed by atoms with Gasteiger partial charge in [0.15, 0.2) is 11.5 Å². The molecule has 0 bridgehead atoms. The number of ether oxygens (including phenoxy) is 2. The Hall–Kier alpha value is -3.60. The summed E-state index contributed by atoms with van der Waals surface area (Å²) in [7, 11) is 3.39. The van der Waals surface area contributed by atoms with Crippen LogP contribution in [0.15, 0.2) is 65.7 Å². The number of halogens is 1. The lowest BCUT2D eigenvalue weighted by atomic mass is 9.90. The van der Waals surface area contributed by atoms with Gasteiger partial charge in [0.1, 0.15) is 5.92 Å². The molecule has 3 aromatic rings. The van der Waals surface area contributed by atoms with Crippen molar-refractivity contribution in [1.82, 2.24) is 4.90 Å². The average molecular weight is 571 g/mol. The lowest BCUT2D eigenvalue weighted by Gasteiger charge is -2.24. The van der Waals surface area contributed by atoms with Crippen molar-refractivity contribution < 1.29 is 22.7 Å². The number of nitrogens with zero attached hydrogens (tertiary/aromatic N) is 3. The van der Waals surface area contributed by atoms with Crippen LogP contribution in [0.2, 0.25) is 5.02 Å². The number of anilines is 2. The van der Waals surface area contributed by atoms with E-state index in [0.29, 0.717) is 57.9 Å². The number of rotatable bonds is 10. The number of methoxy groups -OCH3 is 2. The van der Waals surface area contributed by atoms with Gasteiger partial charge in [-0.05, 0) is 74.3 Å². The van der Waals surface area contributed by atoms with E-state index < -0.39 is 15.9 Å². The molecule has 9 nitrogen and oxygen atoms in total. The summed E-state index contributed by atoms with van der Waals surface area (Å²) in [6, 6.07) is 17.5. The molecule has 1 unspecified atom stereocenters. The molecule has 206 valence electrons. The van der Waals surface area contributed by atoms with Crippen molar-refractivity contribution in [2.75, 3.05) is 57.3 Å². The van der Waals surface area contributed by atoms with Gasteiger partial charge in [0, 0.05) is 29.4 Å².